The summed E-state index contributed by atoms with van der Waals surface area (Å²) < 4.78 is 57.2. The van der Waals surface area contributed by atoms with E-state index in [1.165, 1.54) is 10.4 Å². The highest BCUT2D eigenvalue weighted by Gasteiger charge is 2.46. The smallest absolute Gasteiger partial charge is 0.391 e. The molecule has 1 aliphatic heterocycles. The number of nitrogens with zero attached hydrogens (tertiary/aromatic N) is 3. The van der Waals surface area contributed by atoms with Crippen molar-refractivity contribution in [1.29, 1.82) is 0 Å². The predicted octanol–water partition coefficient (Wildman–Crippen LogP) is 5.99. The second-order valence-electron chi connectivity index (χ2n) is 10.6. The van der Waals surface area contributed by atoms with Crippen molar-refractivity contribution in [3.8, 4) is 0 Å². The van der Waals surface area contributed by atoms with Crippen molar-refractivity contribution in [2.75, 3.05) is 18.6 Å². The van der Waals surface area contributed by atoms with Crippen molar-refractivity contribution < 1.29 is 22.0 Å². The maximum atomic E-state index is 15.3. The first kappa shape index (κ1) is 30.0. The van der Waals surface area contributed by atoms with E-state index in [1.54, 1.807) is 50.9 Å². The number of aromatic nitrogens is 2. The van der Waals surface area contributed by atoms with Crippen LogP contribution in [-0.2, 0) is 21.4 Å². The van der Waals surface area contributed by atoms with Crippen molar-refractivity contribution >= 4 is 27.3 Å². The molecule has 0 saturated carbocycles. The Bertz CT molecular complexity index is 1780. The standard InChI is InChI=1S/C30H32ClFN4O5S/c1-17-11-12-24(32)26(18(17)2)19(3)27(29-33-34-30(37)41-29)36-16-35(5)25-14-22(31)13-23(28(25)42(36,38)39)20(4)40-15-21-9-7-6-8-10-21/h6-14,19-20,27H,15-16H2,1-5H3,(H,34,37)/t19?,20?,27-/m0/s1. The zero-order valence-corrected chi connectivity index (χ0v) is 25.5. The van der Waals surface area contributed by atoms with Gasteiger partial charge < -0.3 is 14.1 Å². The molecule has 0 amide bonds. The molecule has 3 aromatic carbocycles. The molecule has 0 fully saturated rings. The number of rotatable bonds is 8. The summed E-state index contributed by atoms with van der Waals surface area (Å²) in [7, 11) is -2.57. The lowest BCUT2D eigenvalue weighted by molar-refractivity contribution is 0.0506. The lowest BCUT2D eigenvalue weighted by atomic mass is 9.87. The minimum Gasteiger partial charge on any atom is -0.391 e. The maximum absolute atomic E-state index is 15.3. The van der Waals surface area contributed by atoms with Gasteiger partial charge in [-0.3, -0.25) is 0 Å². The summed E-state index contributed by atoms with van der Waals surface area (Å²) in [5.74, 6) is -2.30. The van der Waals surface area contributed by atoms with E-state index in [4.69, 9.17) is 20.8 Å². The Labute approximate surface area is 248 Å². The van der Waals surface area contributed by atoms with E-state index in [1.807, 2.05) is 37.3 Å². The number of nitrogens with one attached hydrogen (secondary N) is 1. The van der Waals surface area contributed by atoms with E-state index in [2.05, 4.69) is 10.2 Å². The SMILES string of the molecule is Cc1ccc(F)c(C(C)[C@@H](c2n[nH]c(=O)o2)N2CN(C)c3cc(Cl)cc(C(C)OCc4ccccc4)c3S2(=O)=O)c1C. The zero-order chi connectivity index (χ0) is 30.3. The van der Waals surface area contributed by atoms with Crippen molar-refractivity contribution in [2.45, 2.75) is 57.3 Å². The Balaban J connectivity index is 1.64. The predicted molar refractivity (Wildman–Crippen MR) is 158 cm³/mol. The van der Waals surface area contributed by atoms with Gasteiger partial charge >= 0.3 is 5.76 Å². The van der Waals surface area contributed by atoms with Crippen LogP contribution in [0.1, 0.15) is 65.6 Å². The summed E-state index contributed by atoms with van der Waals surface area (Å²) in [5, 5.41) is 6.58. The molecule has 0 spiro atoms. The summed E-state index contributed by atoms with van der Waals surface area (Å²) in [6.45, 7) is 7.22. The van der Waals surface area contributed by atoms with Crippen LogP contribution < -0.4 is 10.7 Å². The molecule has 0 saturated heterocycles. The number of halogens is 2. The van der Waals surface area contributed by atoms with E-state index >= 15 is 4.39 Å². The van der Waals surface area contributed by atoms with Crippen LogP contribution in [0.4, 0.5) is 10.1 Å². The minimum atomic E-state index is -4.30. The van der Waals surface area contributed by atoms with Gasteiger partial charge in [0.25, 0.3) is 0 Å². The van der Waals surface area contributed by atoms with E-state index in [-0.39, 0.29) is 24.1 Å². The van der Waals surface area contributed by atoms with Gasteiger partial charge in [-0.2, -0.15) is 4.31 Å². The van der Waals surface area contributed by atoms with E-state index in [0.29, 0.717) is 27.4 Å². The number of H-pyrrole nitrogens is 1. The Hall–Kier alpha value is -3.51. The summed E-state index contributed by atoms with van der Waals surface area (Å²) in [5.41, 5.74) is 3.52. The largest absolute Gasteiger partial charge is 0.434 e. The molecule has 42 heavy (non-hydrogen) atoms. The van der Waals surface area contributed by atoms with Crippen LogP contribution >= 0.6 is 11.6 Å². The molecular weight excluding hydrogens is 583 g/mol. The lowest BCUT2D eigenvalue weighted by Crippen LogP contribution is -2.48. The van der Waals surface area contributed by atoms with Crippen LogP contribution in [0.3, 0.4) is 0 Å². The fraction of sp³-hybridized carbons (Fsp3) is 0.333. The lowest BCUT2D eigenvalue weighted by Gasteiger charge is -2.41. The highest BCUT2D eigenvalue weighted by Crippen LogP contribution is 2.47. The van der Waals surface area contributed by atoms with E-state index in [0.717, 1.165) is 11.1 Å². The number of aryl methyl sites for hydroxylation is 1. The number of aromatic amines is 1. The minimum absolute atomic E-state index is 0.0118. The van der Waals surface area contributed by atoms with Gasteiger partial charge in [0.2, 0.25) is 15.9 Å². The Morgan fingerprint density at radius 3 is 2.52 bits per heavy atom. The van der Waals surface area contributed by atoms with Crippen LogP contribution in [0.2, 0.25) is 5.02 Å². The fourth-order valence-electron chi connectivity index (χ4n) is 5.54. The monoisotopic (exact) mass is 614 g/mol. The highest BCUT2D eigenvalue weighted by molar-refractivity contribution is 7.89. The molecule has 0 radical (unpaired) electrons. The molecular formula is C30H32ClFN4O5S. The number of ether oxygens (including phenoxy) is 1. The molecule has 12 heteroatoms. The zero-order valence-electron chi connectivity index (χ0n) is 23.9. The van der Waals surface area contributed by atoms with Crippen LogP contribution in [0, 0.1) is 19.7 Å². The van der Waals surface area contributed by atoms with Gasteiger partial charge in [0.15, 0.2) is 0 Å². The van der Waals surface area contributed by atoms with Gasteiger partial charge in [0.1, 0.15) is 16.8 Å². The van der Waals surface area contributed by atoms with Crippen LogP contribution in [0.25, 0.3) is 0 Å². The molecule has 5 rings (SSSR count). The number of fused-ring (bicyclic) bond motifs is 1. The topological polar surface area (TPSA) is 109 Å². The Morgan fingerprint density at radius 1 is 1.14 bits per heavy atom. The Morgan fingerprint density at radius 2 is 1.86 bits per heavy atom. The summed E-state index contributed by atoms with van der Waals surface area (Å²) in [6.07, 6.45) is -0.656. The first-order valence-corrected chi connectivity index (χ1v) is 15.2. The van der Waals surface area contributed by atoms with Gasteiger partial charge in [-0.25, -0.2) is 22.7 Å². The Kier molecular flexibility index (Phi) is 8.30. The number of hydrogen-bond donors (Lipinski definition) is 1. The normalized spacial score (nSPS) is 17.1. The molecule has 1 aliphatic rings. The maximum Gasteiger partial charge on any atom is 0.434 e. The third-order valence-corrected chi connectivity index (χ3v) is 9.99. The first-order valence-electron chi connectivity index (χ1n) is 13.4. The van der Waals surface area contributed by atoms with Crippen LogP contribution in [0.5, 0.6) is 0 Å². The fourth-order valence-corrected chi connectivity index (χ4v) is 7.90. The molecule has 1 aromatic heterocycles. The second kappa shape index (κ2) is 11.6. The molecule has 0 aliphatic carbocycles. The van der Waals surface area contributed by atoms with Crippen molar-refractivity contribution in [3.05, 3.63) is 110 Å². The molecule has 2 unspecified atom stereocenters. The number of anilines is 1. The molecule has 9 nitrogen and oxygen atoms in total. The van der Waals surface area contributed by atoms with Crippen molar-refractivity contribution in [1.82, 2.24) is 14.5 Å². The van der Waals surface area contributed by atoms with Crippen LogP contribution in [0.15, 0.2) is 68.7 Å². The quantitative estimate of drug-likeness (QED) is 0.260. The average Bonchev–Trinajstić information content (AvgIpc) is 3.38. The first-order chi connectivity index (χ1) is 19.9. The third kappa shape index (κ3) is 5.49. The summed E-state index contributed by atoms with van der Waals surface area (Å²) >= 11 is 6.48. The molecule has 222 valence electrons. The van der Waals surface area contributed by atoms with E-state index in [9.17, 15) is 13.2 Å². The molecule has 0 bridgehead atoms. The average molecular weight is 615 g/mol. The molecule has 3 atom stereocenters. The van der Waals surface area contributed by atoms with Gasteiger partial charge in [-0.15, -0.1) is 5.10 Å². The summed E-state index contributed by atoms with van der Waals surface area (Å²) in [6, 6.07) is 14.6. The van der Waals surface area contributed by atoms with Gasteiger partial charge in [0.05, 0.1) is 25.1 Å². The highest BCUT2D eigenvalue weighted by atomic mass is 35.5. The number of sulfonamides is 1. The van der Waals surface area contributed by atoms with Gasteiger partial charge in [-0.1, -0.05) is 54.9 Å². The molecule has 4 aromatic rings. The number of hydrogen-bond acceptors (Lipinski definition) is 7. The second-order valence-corrected chi connectivity index (χ2v) is 12.9. The van der Waals surface area contributed by atoms with Crippen molar-refractivity contribution in [3.63, 3.8) is 0 Å². The van der Waals surface area contributed by atoms with E-state index < -0.39 is 39.7 Å². The van der Waals surface area contributed by atoms with Gasteiger partial charge in [0, 0.05) is 23.6 Å². The third-order valence-electron chi connectivity index (χ3n) is 7.85. The van der Waals surface area contributed by atoms with Gasteiger partial charge in [-0.05, 0) is 61.2 Å². The van der Waals surface area contributed by atoms with Crippen molar-refractivity contribution in [2.24, 2.45) is 0 Å². The molecule has 2 heterocycles. The summed E-state index contributed by atoms with van der Waals surface area (Å²) in [4.78, 5) is 13.8. The van der Waals surface area contributed by atoms with Crippen LogP contribution in [-0.4, -0.2) is 36.6 Å². The number of benzene rings is 3. The molecule has 1 N–H and O–H groups in total.